The molecule has 1 saturated heterocycles. The maximum atomic E-state index is 14.3. The molecule has 8 heteroatoms. The van der Waals surface area contributed by atoms with Crippen molar-refractivity contribution >= 4 is 34.9 Å². The van der Waals surface area contributed by atoms with Crippen LogP contribution in [0.25, 0.3) is 10.4 Å². The van der Waals surface area contributed by atoms with E-state index in [-0.39, 0.29) is 17.9 Å². The summed E-state index contributed by atoms with van der Waals surface area (Å²) >= 11 is 1.31. The Morgan fingerprint density at radius 3 is 2.12 bits per heavy atom. The molecule has 1 saturated carbocycles. The maximum absolute atomic E-state index is 14.3. The Balaban J connectivity index is 1.44. The molecular weight excluding hydrogens is 536 g/mol. The van der Waals surface area contributed by atoms with Crippen molar-refractivity contribution in [2.75, 3.05) is 31.8 Å². The van der Waals surface area contributed by atoms with Gasteiger partial charge in [0.15, 0.2) is 0 Å². The second-order valence-electron chi connectivity index (χ2n) is 11.2. The number of carbonyl (C=O) groups excluding carboxylic acids is 3. The Bertz CT molecular complexity index is 1330. The van der Waals surface area contributed by atoms with Gasteiger partial charge < -0.3 is 19.3 Å². The SMILES string of the molecule is CC1CCC(C(=O)N(c2cc(-c3ccccc3)sc2C(=O)OCOC(=O)c2ccccc2)C2CCN(C)CC2)CC1. The molecule has 0 atom stereocenters. The molecule has 5 rings (SSSR count). The van der Waals surface area contributed by atoms with E-state index >= 15 is 0 Å². The average Bonchev–Trinajstić information content (AvgIpc) is 3.44. The molecule has 2 aromatic carbocycles. The average molecular weight is 575 g/mol. The van der Waals surface area contributed by atoms with Crippen LogP contribution in [0.5, 0.6) is 0 Å². The smallest absolute Gasteiger partial charge is 0.353 e. The number of likely N-dealkylation sites (tertiary alicyclic amines) is 1. The number of hydrogen-bond acceptors (Lipinski definition) is 7. The van der Waals surface area contributed by atoms with Crippen molar-refractivity contribution in [3.63, 3.8) is 0 Å². The monoisotopic (exact) mass is 574 g/mol. The first kappa shape index (κ1) is 29.0. The Kier molecular flexibility index (Phi) is 9.52. The van der Waals surface area contributed by atoms with Gasteiger partial charge in [-0.1, -0.05) is 55.5 Å². The lowest BCUT2D eigenvalue weighted by Crippen LogP contribution is -2.49. The number of benzene rings is 2. The number of hydrogen-bond donors (Lipinski definition) is 0. The van der Waals surface area contributed by atoms with Gasteiger partial charge >= 0.3 is 11.9 Å². The minimum atomic E-state index is -0.601. The molecule has 2 heterocycles. The van der Waals surface area contributed by atoms with Crippen molar-refractivity contribution in [1.82, 2.24) is 4.90 Å². The van der Waals surface area contributed by atoms with Gasteiger partial charge in [0.05, 0.1) is 11.3 Å². The topological polar surface area (TPSA) is 76.1 Å². The lowest BCUT2D eigenvalue weighted by molar-refractivity contribution is -0.124. The highest BCUT2D eigenvalue weighted by atomic mass is 32.1. The van der Waals surface area contributed by atoms with E-state index in [1.807, 2.05) is 47.4 Å². The summed E-state index contributed by atoms with van der Waals surface area (Å²) in [5, 5.41) is 0. The summed E-state index contributed by atoms with van der Waals surface area (Å²) in [4.78, 5) is 45.6. The van der Waals surface area contributed by atoms with Gasteiger partial charge in [-0.05, 0) is 88.3 Å². The molecular formula is C33H38N2O5S. The number of rotatable bonds is 8. The number of ether oxygens (including phenoxy) is 2. The predicted octanol–water partition coefficient (Wildman–Crippen LogP) is 6.64. The van der Waals surface area contributed by atoms with Gasteiger partial charge in [0.25, 0.3) is 0 Å². The van der Waals surface area contributed by atoms with Crippen molar-refractivity contribution in [2.45, 2.75) is 51.5 Å². The third-order valence-corrected chi connectivity index (χ3v) is 9.41. The molecule has 0 N–H and O–H groups in total. The van der Waals surface area contributed by atoms with E-state index in [1.54, 1.807) is 24.3 Å². The fourth-order valence-corrected chi connectivity index (χ4v) is 6.81. The van der Waals surface area contributed by atoms with E-state index in [1.165, 1.54) is 11.3 Å². The summed E-state index contributed by atoms with van der Waals surface area (Å²) in [5.74, 6) is -0.485. The maximum Gasteiger partial charge on any atom is 0.353 e. The van der Waals surface area contributed by atoms with Gasteiger partial charge in [-0.15, -0.1) is 11.3 Å². The number of amides is 1. The van der Waals surface area contributed by atoms with E-state index in [2.05, 4.69) is 18.9 Å². The fourth-order valence-electron chi connectivity index (χ4n) is 5.76. The second kappa shape index (κ2) is 13.4. The van der Waals surface area contributed by atoms with Crippen molar-refractivity contribution < 1.29 is 23.9 Å². The number of nitrogens with zero attached hydrogens (tertiary/aromatic N) is 2. The Morgan fingerprint density at radius 1 is 0.854 bits per heavy atom. The molecule has 1 aromatic heterocycles. The molecule has 1 aliphatic heterocycles. The summed E-state index contributed by atoms with van der Waals surface area (Å²) in [6.45, 7) is 3.52. The zero-order valence-corrected chi connectivity index (χ0v) is 24.6. The largest absolute Gasteiger partial charge is 0.424 e. The standard InChI is InChI=1S/C33H38N2O5S/c1-23-13-15-25(16-14-23)31(36)35(27-17-19-34(2)20-18-27)28-21-29(24-9-5-3-6-10-24)41-30(28)33(38)40-22-39-32(37)26-11-7-4-8-12-26/h3-12,21,23,25,27H,13-20,22H2,1-2H3. The van der Waals surface area contributed by atoms with Crippen LogP contribution in [0, 0.1) is 11.8 Å². The van der Waals surface area contributed by atoms with Gasteiger partial charge in [0, 0.05) is 16.8 Å². The molecule has 1 aliphatic carbocycles. The Labute approximate surface area is 246 Å². The molecule has 0 spiro atoms. The van der Waals surface area contributed by atoms with E-state index in [0.717, 1.165) is 62.1 Å². The molecule has 0 bridgehead atoms. The summed E-state index contributed by atoms with van der Waals surface area (Å²) in [7, 11) is 2.10. The Hall–Kier alpha value is -3.49. The number of carbonyl (C=O) groups is 3. The van der Waals surface area contributed by atoms with Gasteiger partial charge in [-0.3, -0.25) is 4.79 Å². The molecule has 0 radical (unpaired) electrons. The van der Waals surface area contributed by atoms with Crippen LogP contribution in [-0.4, -0.2) is 55.7 Å². The molecule has 0 unspecified atom stereocenters. The van der Waals surface area contributed by atoms with Crippen LogP contribution < -0.4 is 4.90 Å². The van der Waals surface area contributed by atoms with E-state index in [0.29, 0.717) is 22.0 Å². The normalized spacial score (nSPS) is 19.9. The minimum absolute atomic E-state index is 0.00117. The highest BCUT2D eigenvalue weighted by molar-refractivity contribution is 7.18. The summed E-state index contributed by atoms with van der Waals surface area (Å²) in [6, 6.07) is 20.4. The molecule has 7 nitrogen and oxygen atoms in total. The highest BCUT2D eigenvalue weighted by Crippen LogP contribution is 2.41. The number of thiophene rings is 1. The van der Waals surface area contributed by atoms with Gasteiger partial charge in [-0.2, -0.15) is 0 Å². The summed E-state index contributed by atoms with van der Waals surface area (Å²) < 4.78 is 10.7. The van der Waals surface area contributed by atoms with Gasteiger partial charge in [-0.25, -0.2) is 9.59 Å². The third-order valence-electron chi connectivity index (χ3n) is 8.26. The van der Waals surface area contributed by atoms with E-state index < -0.39 is 18.7 Å². The van der Waals surface area contributed by atoms with Gasteiger partial charge in [0.1, 0.15) is 4.88 Å². The van der Waals surface area contributed by atoms with Crippen LogP contribution in [0.15, 0.2) is 66.7 Å². The van der Waals surface area contributed by atoms with Crippen molar-refractivity contribution in [3.05, 3.63) is 77.2 Å². The first-order valence-corrected chi connectivity index (χ1v) is 15.3. The number of anilines is 1. The van der Waals surface area contributed by atoms with Crippen LogP contribution in [0.4, 0.5) is 5.69 Å². The van der Waals surface area contributed by atoms with Crippen molar-refractivity contribution in [1.29, 1.82) is 0 Å². The minimum Gasteiger partial charge on any atom is -0.424 e. The highest BCUT2D eigenvalue weighted by Gasteiger charge is 2.37. The predicted molar refractivity (Wildman–Crippen MR) is 161 cm³/mol. The van der Waals surface area contributed by atoms with Crippen LogP contribution in [0.3, 0.4) is 0 Å². The molecule has 2 fully saturated rings. The number of piperidine rings is 1. The molecule has 216 valence electrons. The van der Waals surface area contributed by atoms with Crippen LogP contribution in [0.2, 0.25) is 0 Å². The second-order valence-corrected chi connectivity index (χ2v) is 12.3. The molecule has 1 amide bonds. The molecule has 3 aromatic rings. The van der Waals surface area contributed by atoms with Crippen LogP contribution >= 0.6 is 11.3 Å². The molecule has 41 heavy (non-hydrogen) atoms. The first-order chi connectivity index (χ1) is 19.9. The molecule has 2 aliphatic rings. The van der Waals surface area contributed by atoms with E-state index in [9.17, 15) is 14.4 Å². The number of esters is 2. The van der Waals surface area contributed by atoms with Crippen molar-refractivity contribution in [2.24, 2.45) is 11.8 Å². The lowest BCUT2D eigenvalue weighted by Gasteiger charge is -2.40. The zero-order chi connectivity index (χ0) is 28.8. The zero-order valence-electron chi connectivity index (χ0n) is 23.8. The van der Waals surface area contributed by atoms with Crippen LogP contribution in [0.1, 0.15) is 65.5 Å². The fraction of sp³-hybridized carbons (Fsp3) is 0.424. The Morgan fingerprint density at radius 2 is 1.46 bits per heavy atom. The van der Waals surface area contributed by atoms with Gasteiger partial charge in [0.2, 0.25) is 12.7 Å². The summed E-state index contributed by atoms with van der Waals surface area (Å²) in [5.41, 5.74) is 1.95. The first-order valence-electron chi connectivity index (χ1n) is 14.5. The summed E-state index contributed by atoms with van der Waals surface area (Å²) in [6.07, 6.45) is 5.49. The lowest BCUT2D eigenvalue weighted by atomic mass is 9.82. The van der Waals surface area contributed by atoms with Crippen molar-refractivity contribution in [3.8, 4) is 10.4 Å². The third kappa shape index (κ3) is 7.05. The van der Waals surface area contributed by atoms with E-state index in [4.69, 9.17) is 9.47 Å². The quantitative estimate of drug-likeness (QED) is 0.222. The van der Waals surface area contributed by atoms with Crippen LogP contribution in [-0.2, 0) is 14.3 Å².